The first kappa shape index (κ1) is 17.3. The fourth-order valence-corrected chi connectivity index (χ4v) is 2.08. The minimum Gasteiger partial charge on any atom is -0.496 e. The molecule has 6 nitrogen and oxygen atoms in total. The number of fused-ring (bicyclic) bond motifs is 1. The molecular weight excluding hydrogens is 310 g/mol. The summed E-state index contributed by atoms with van der Waals surface area (Å²) in [4.78, 5) is 23.1. The molecule has 0 spiro atoms. The first-order chi connectivity index (χ1) is 11.5. The number of methoxy groups -OCH3 is 1. The molecule has 2 rings (SSSR count). The number of carbonyl (C=O) groups is 2. The molecule has 2 aromatic rings. The maximum Gasteiger partial charge on any atom is 0.412 e. The van der Waals surface area contributed by atoms with E-state index in [2.05, 4.69) is 11.9 Å². The number of amides is 1. The molecule has 0 aliphatic heterocycles. The summed E-state index contributed by atoms with van der Waals surface area (Å²) in [5.74, 6) is 0.624. The lowest BCUT2D eigenvalue weighted by molar-refractivity contribution is -0.138. The van der Waals surface area contributed by atoms with Gasteiger partial charge in [0.25, 0.3) is 0 Å². The molecule has 0 radical (unpaired) electrons. The van der Waals surface area contributed by atoms with Gasteiger partial charge < -0.3 is 19.5 Å². The highest BCUT2D eigenvalue weighted by Gasteiger charge is 2.10. The molecule has 0 bridgehead atoms. The van der Waals surface area contributed by atoms with Crippen molar-refractivity contribution in [2.75, 3.05) is 20.3 Å². The highest BCUT2D eigenvalue weighted by atomic mass is 16.6. The van der Waals surface area contributed by atoms with E-state index < -0.39 is 12.1 Å². The van der Waals surface area contributed by atoms with Crippen LogP contribution in [0.15, 0.2) is 48.6 Å². The molecular formula is C18H19NO5. The van der Waals surface area contributed by atoms with Gasteiger partial charge in [-0.3, -0.25) is 0 Å². The zero-order valence-electron chi connectivity index (χ0n) is 13.6. The van der Waals surface area contributed by atoms with E-state index in [1.54, 1.807) is 26.2 Å². The summed E-state index contributed by atoms with van der Waals surface area (Å²) in [6.45, 7) is 5.22. The smallest absolute Gasteiger partial charge is 0.412 e. The van der Waals surface area contributed by atoms with Gasteiger partial charge in [0.15, 0.2) is 0 Å². The van der Waals surface area contributed by atoms with Crippen molar-refractivity contribution in [2.45, 2.75) is 6.92 Å². The van der Waals surface area contributed by atoms with Crippen molar-refractivity contribution in [1.82, 2.24) is 5.32 Å². The predicted molar refractivity (Wildman–Crippen MR) is 90.3 cm³/mol. The van der Waals surface area contributed by atoms with E-state index in [0.717, 1.165) is 10.8 Å². The summed E-state index contributed by atoms with van der Waals surface area (Å²) < 4.78 is 15.5. The Kier molecular flexibility index (Phi) is 5.78. The van der Waals surface area contributed by atoms with Crippen molar-refractivity contribution in [3.8, 4) is 11.5 Å². The van der Waals surface area contributed by atoms with Crippen molar-refractivity contribution < 1.29 is 23.8 Å². The average molecular weight is 329 g/mol. The Bertz CT molecular complexity index is 769. The zero-order valence-corrected chi connectivity index (χ0v) is 13.6. The van der Waals surface area contributed by atoms with Crippen LogP contribution in [0.3, 0.4) is 0 Å². The standard InChI is InChI=1S/C18H19NO5/c1-12(2)17(20)23-11-10-19-18(21)24-16-9-5-6-13-14(16)7-4-8-15(13)22-3/h4-9H,1,10-11H2,2-3H3,(H,19,21). The van der Waals surface area contributed by atoms with Crippen LogP contribution in [0.1, 0.15) is 6.92 Å². The third kappa shape index (κ3) is 4.25. The number of nitrogens with one attached hydrogen (secondary N) is 1. The second-order valence-corrected chi connectivity index (χ2v) is 5.04. The van der Waals surface area contributed by atoms with Crippen LogP contribution in [0, 0.1) is 0 Å². The van der Waals surface area contributed by atoms with Crippen molar-refractivity contribution in [3.05, 3.63) is 48.6 Å². The fraction of sp³-hybridized carbons (Fsp3) is 0.222. The van der Waals surface area contributed by atoms with Gasteiger partial charge >= 0.3 is 12.1 Å². The first-order valence-electron chi connectivity index (χ1n) is 7.37. The van der Waals surface area contributed by atoms with Gasteiger partial charge in [0.1, 0.15) is 18.1 Å². The number of ether oxygens (including phenoxy) is 3. The number of benzene rings is 2. The van der Waals surface area contributed by atoms with E-state index in [1.165, 1.54) is 0 Å². The Morgan fingerprint density at radius 1 is 1.08 bits per heavy atom. The molecule has 0 saturated carbocycles. The summed E-state index contributed by atoms with van der Waals surface area (Å²) >= 11 is 0. The Morgan fingerprint density at radius 2 is 1.71 bits per heavy atom. The molecule has 0 aliphatic carbocycles. The van der Waals surface area contributed by atoms with Crippen molar-refractivity contribution in [3.63, 3.8) is 0 Å². The van der Waals surface area contributed by atoms with Crippen LogP contribution in [-0.4, -0.2) is 32.3 Å². The Hall–Kier alpha value is -3.02. The summed E-state index contributed by atoms with van der Waals surface area (Å²) in [5.41, 5.74) is 0.308. The summed E-state index contributed by atoms with van der Waals surface area (Å²) in [5, 5.41) is 4.13. The molecule has 1 N–H and O–H groups in total. The van der Waals surface area contributed by atoms with Crippen LogP contribution in [-0.2, 0) is 9.53 Å². The van der Waals surface area contributed by atoms with E-state index in [9.17, 15) is 9.59 Å². The normalized spacial score (nSPS) is 10.1. The lowest BCUT2D eigenvalue weighted by Crippen LogP contribution is -2.30. The molecule has 0 aromatic heterocycles. The van der Waals surface area contributed by atoms with Crippen LogP contribution in [0.2, 0.25) is 0 Å². The molecule has 0 heterocycles. The zero-order chi connectivity index (χ0) is 17.5. The molecule has 1 amide bonds. The number of rotatable bonds is 6. The molecule has 126 valence electrons. The van der Waals surface area contributed by atoms with Gasteiger partial charge in [-0.2, -0.15) is 0 Å². The third-order valence-corrected chi connectivity index (χ3v) is 3.22. The lowest BCUT2D eigenvalue weighted by Gasteiger charge is -2.11. The minimum absolute atomic E-state index is 0.0458. The lowest BCUT2D eigenvalue weighted by atomic mass is 10.1. The Balaban J connectivity index is 1.96. The van der Waals surface area contributed by atoms with E-state index in [-0.39, 0.29) is 13.2 Å². The number of esters is 1. The molecule has 0 unspecified atom stereocenters. The van der Waals surface area contributed by atoms with Crippen molar-refractivity contribution >= 4 is 22.8 Å². The molecule has 0 aliphatic rings. The Morgan fingerprint density at radius 3 is 2.33 bits per heavy atom. The van der Waals surface area contributed by atoms with E-state index >= 15 is 0 Å². The molecule has 2 aromatic carbocycles. The molecule has 0 fully saturated rings. The fourth-order valence-electron chi connectivity index (χ4n) is 2.08. The van der Waals surface area contributed by atoms with Gasteiger partial charge in [0.05, 0.1) is 13.7 Å². The van der Waals surface area contributed by atoms with Crippen LogP contribution < -0.4 is 14.8 Å². The van der Waals surface area contributed by atoms with Crippen LogP contribution in [0.25, 0.3) is 10.8 Å². The van der Waals surface area contributed by atoms with E-state index in [4.69, 9.17) is 14.2 Å². The highest BCUT2D eigenvalue weighted by Crippen LogP contribution is 2.31. The SMILES string of the molecule is C=C(C)C(=O)OCCNC(=O)Oc1cccc2c(OC)cccc12. The maximum atomic E-state index is 11.9. The number of carbonyl (C=O) groups excluding carboxylic acids is 2. The van der Waals surface area contributed by atoms with E-state index in [1.807, 2.05) is 24.3 Å². The third-order valence-electron chi connectivity index (χ3n) is 3.22. The van der Waals surface area contributed by atoms with Crippen LogP contribution >= 0.6 is 0 Å². The first-order valence-corrected chi connectivity index (χ1v) is 7.37. The van der Waals surface area contributed by atoms with Crippen molar-refractivity contribution in [2.24, 2.45) is 0 Å². The number of hydrogen-bond donors (Lipinski definition) is 1. The summed E-state index contributed by atoms with van der Waals surface area (Å²) in [7, 11) is 1.58. The van der Waals surface area contributed by atoms with Gasteiger partial charge in [0.2, 0.25) is 0 Å². The minimum atomic E-state index is -0.628. The van der Waals surface area contributed by atoms with Gasteiger partial charge in [-0.15, -0.1) is 0 Å². The van der Waals surface area contributed by atoms with E-state index in [0.29, 0.717) is 17.1 Å². The highest BCUT2D eigenvalue weighted by molar-refractivity contribution is 5.94. The topological polar surface area (TPSA) is 73.9 Å². The Labute approximate surface area is 140 Å². The van der Waals surface area contributed by atoms with Gasteiger partial charge in [-0.25, -0.2) is 9.59 Å². The predicted octanol–water partition coefficient (Wildman–Crippen LogP) is 3.06. The summed E-state index contributed by atoms with van der Waals surface area (Å²) in [6, 6.07) is 10.9. The molecule has 0 atom stereocenters. The maximum absolute atomic E-state index is 11.9. The van der Waals surface area contributed by atoms with Crippen molar-refractivity contribution in [1.29, 1.82) is 0 Å². The number of hydrogen-bond acceptors (Lipinski definition) is 5. The largest absolute Gasteiger partial charge is 0.496 e. The second-order valence-electron chi connectivity index (χ2n) is 5.04. The molecule has 6 heteroatoms. The summed E-state index contributed by atoms with van der Waals surface area (Å²) in [6.07, 6.45) is -0.628. The molecule has 0 saturated heterocycles. The van der Waals surface area contributed by atoms with Gasteiger partial charge in [-0.05, 0) is 19.1 Å². The average Bonchev–Trinajstić information content (AvgIpc) is 2.58. The quantitative estimate of drug-likeness (QED) is 0.501. The van der Waals surface area contributed by atoms with Gasteiger partial charge in [-0.1, -0.05) is 30.8 Å². The van der Waals surface area contributed by atoms with Crippen LogP contribution in [0.4, 0.5) is 4.79 Å². The second kappa shape index (κ2) is 8.01. The van der Waals surface area contributed by atoms with Gasteiger partial charge in [0, 0.05) is 16.3 Å². The molecule has 24 heavy (non-hydrogen) atoms. The van der Waals surface area contributed by atoms with Crippen LogP contribution in [0.5, 0.6) is 11.5 Å². The monoisotopic (exact) mass is 329 g/mol.